The molecule has 7 nitrogen and oxygen atoms in total. The van der Waals surface area contributed by atoms with E-state index in [0.29, 0.717) is 17.1 Å². The van der Waals surface area contributed by atoms with Crippen LogP contribution in [-0.4, -0.2) is 27.4 Å². The van der Waals surface area contributed by atoms with Crippen molar-refractivity contribution in [3.63, 3.8) is 0 Å². The van der Waals surface area contributed by atoms with Gasteiger partial charge < -0.3 is 10.6 Å². The maximum Gasteiger partial charge on any atom is 0.251 e. The molecular formula is C23H22N4O3. The molecule has 3 aromatic rings. The summed E-state index contributed by atoms with van der Waals surface area (Å²) in [6.07, 6.45) is -0.0399. The molecule has 1 aromatic heterocycles. The van der Waals surface area contributed by atoms with E-state index in [9.17, 15) is 14.4 Å². The summed E-state index contributed by atoms with van der Waals surface area (Å²) in [5.41, 5.74) is 4.92. The number of nitrogens with one attached hydrogen (secondary N) is 2. The summed E-state index contributed by atoms with van der Waals surface area (Å²) >= 11 is 0. The van der Waals surface area contributed by atoms with Gasteiger partial charge in [-0.05, 0) is 50.6 Å². The number of hydrogen-bond acceptors (Lipinski definition) is 4. The van der Waals surface area contributed by atoms with Crippen LogP contribution in [0.15, 0.2) is 48.5 Å². The molecule has 0 aliphatic carbocycles. The van der Waals surface area contributed by atoms with E-state index in [1.807, 2.05) is 38.1 Å². The second kappa shape index (κ2) is 7.59. The number of fused-ring (bicyclic) bond motifs is 1. The number of carbonyl (C=O) groups is 3. The molecule has 2 heterocycles. The molecule has 1 aliphatic rings. The number of aromatic nitrogens is 2. The van der Waals surface area contributed by atoms with Crippen LogP contribution in [0.1, 0.15) is 41.0 Å². The number of ketones is 1. The van der Waals surface area contributed by atoms with E-state index in [4.69, 9.17) is 0 Å². The average molecular weight is 402 g/mol. The molecule has 4 rings (SSSR count). The Morgan fingerprint density at radius 1 is 1.07 bits per heavy atom. The van der Waals surface area contributed by atoms with Gasteiger partial charge >= 0.3 is 0 Å². The number of Topliss-reactive ketones (excluding diaryl/α,β-unsaturated/α-hetero) is 1. The smallest absolute Gasteiger partial charge is 0.251 e. The topological polar surface area (TPSA) is 93.1 Å². The molecule has 30 heavy (non-hydrogen) atoms. The molecule has 152 valence electrons. The van der Waals surface area contributed by atoms with Crippen LogP contribution in [-0.2, 0) is 9.59 Å². The van der Waals surface area contributed by atoms with Gasteiger partial charge in [-0.25, -0.2) is 4.68 Å². The Labute approximate surface area is 174 Å². The van der Waals surface area contributed by atoms with Crippen LogP contribution in [0.25, 0.3) is 11.1 Å². The maximum atomic E-state index is 12.6. The van der Waals surface area contributed by atoms with Crippen LogP contribution >= 0.6 is 0 Å². The lowest BCUT2D eigenvalue weighted by Gasteiger charge is -2.10. The van der Waals surface area contributed by atoms with E-state index >= 15 is 0 Å². The molecule has 7 heteroatoms. The highest BCUT2D eigenvalue weighted by Crippen LogP contribution is 2.38. The van der Waals surface area contributed by atoms with Crippen molar-refractivity contribution >= 4 is 29.1 Å². The number of nitrogens with zero attached hydrogens (tertiary/aromatic N) is 2. The van der Waals surface area contributed by atoms with Crippen LogP contribution in [0, 0.1) is 13.8 Å². The van der Waals surface area contributed by atoms with Crippen molar-refractivity contribution in [2.45, 2.75) is 33.2 Å². The first kappa shape index (κ1) is 19.6. The van der Waals surface area contributed by atoms with Crippen molar-refractivity contribution < 1.29 is 14.4 Å². The molecule has 2 aromatic carbocycles. The van der Waals surface area contributed by atoms with Gasteiger partial charge in [0.05, 0.1) is 12.1 Å². The van der Waals surface area contributed by atoms with Crippen molar-refractivity contribution in [2.24, 2.45) is 0 Å². The fourth-order valence-electron chi connectivity index (χ4n) is 3.62. The SMILES string of the molecule is CC(=O)c1ccc(NC(=O)CC2C(=O)Nc3c(-c4ccc(C)cc4)c(C)nn32)cc1. The molecule has 2 amide bonds. The Hall–Kier alpha value is -3.74. The van der Waals surface area contributed by atoms with Gasteiger partial charge in [-0.2, -0.15) is 5.10 Å². The molecule has 1 atom stereocenters. The average Bonchev–Trinajstić information content (AvgIpc) is 3.17. The molecule has 1 unspecified atom stereocenters. The Kier molecular flexibility index (Phi) is 4.95. The molecule has 0 saturated heterocycles. The van der Waals surface area contributed by atoms with Crippen molar-refractivity contribution in [3.05, 3.63) is 65.4 Å². The predicted octanol–water partition coefficient (Wildman–Crippen LogP) is 3.89. The Morgan fingerprint density at radius 3 is 2.37 bits per heavy atom. The van der Waals surface area contributed by atoms with Crippen LogP contribution in [0.5, 0.6) is 0 Å². The van der Waals surface area contributed by atoms with E-state index in [1.165, 1.54) is 6.92 Å². The first-order chi connectivity index (χ1) is 14.3. The zero-order chi connectivity index (χ0) is 21.4. The minimum absolute atomic E-state index is 0.0399. The fourth-order valence-corrected chi connectivity index (χ4v) is 3.62. The maximum absolute atomic E-state index is 12.6. The van der Waals surface area contributed by atoms with Crippen molar-refractivity contribution in [1.82, 2.24) is 9.78 Å². The first-order valence-corrected chi connectivity index (χ1v) is 9.71. The van der Waals surface area contributed by atoms with E-state index in [0.717, 1.165) is 22.4 Å². The minimum atomic E-state index is -0.714. The monoisotopic (exact) mass is 402 g/mol. The Morgan fingerprint density at radius 2 is 1.73 bits per heavy atom. The lowest BCUT2D eigenvalue weighted by atomic mass is 10.0. The molecular weight excluding hydrogens is 380 g/mol. The molecule has 0 bridgehead atoms. The third-order valence-corrected chi connectivity index (χ3v) is 5.22. The summed E-state index contributed by atoms with van der Waals surface area (Å²) in [7, 11) is 0. The van der Waals surface area contributed by atoms with Crippen molar-refractivity contribution in [3.8, 4) is 11.1 Å². The number of anilines is 2. The van der Waals surface area contributed by atoms with Gasteiger partial charge in [0.15, 0.2) is 5.78 Å². The van der Waals surface area contributed by atoms with Gasteiger partial charge in [-0.3, -0.25) is 14.4 Å². The normalized spacial score (nSPS) is 14.9. The highest BCUT2D eigenvalue weighted by atomic mass is 16.2. The Balaban J connectivity index is 1.53. The molecule has 2 N–H and O–H groups in total. The lowest BCUT2D eigenvalue weighted by Crippen LogP contribution is -2.23. The van der Waals surface area contributed by atoms with Crippen LogP contribution in [0.2, 0.25) is 0 Å². The van der Waals surface area contributed by atoms with Crippen LogP contribution in [0.4, 0.5) is 11.5 Å². The third kappa shape index (κ3) is 3.61. The molecule has 0 spiro atoms. The Bertz CT molecular complexity index is 1140. The number of benzene rings is 2. The second-order valence-electron chi connectivity index (χ2n) is 7.51. The largest absolute Gasteiger partial charge is 0.326 e. The molecule has 1 aliphatic heterocycles. The zero-order valence-corrected chi connectivity index (χ0v) is 17.0. The van der Waals surface area contributed by atoms with Crippen molar-refractivity contribution in [2.75, 3.05) is 10.6 Å². The number of hydrogen-bond donors (Lipinski definition) is 2. The molecule has 0 fully saturated rings. The van der Waals surface area contributed by atoms with Crippen molar-refractivity contribution in [1.29, 1.82) is 0 Å². The summed E-state index contributed by atoms with van der Waals surface area (Å²) < 4.78 is 1.60. The summed E-state index contributed by atoms with van der Waals surface area (Å²) in [4.78, 5) is 36.5. The van der Waals surface area contributed by atoms with Crippen LogP contribution in [0.3, 0.4) is 0 Å². The number of aryl methyl sites for hydroxylation is 2. The van der Waals surface area contributed by atoms with Gasteiger partial charge in [0, 0.05) is 16.8 Å². The van der Waals surface area contributed by atoms with E-state index < -0.39 is 6.04 Å². The number of rotatable bonds is 5. The van der Waals surface area contributed by atoms with Gasteiger partial charge in [-0.15, -0.1) is 0 Å². The molecule has 0 radical (unpaired) electrons. The lowest BCUT2D eigenvalue weighted by molar-refractivity contribution is -0.123. The summed E-state index contributed by atoms with van der Waals surface area (Å²) in [5.74, 6) is 0.0167. The van der Waals surface area contributed by atoms with Crippen LogP contribution < -0.4 is 10.6 Å². The van der Waals surface area contributed by atoms with Gasteiger partial charge in [0.1, 0.15) is 11.9 Å². The van der Waals surface area contributed by atoms with E-state index in [2.05, 4.69) is 15.7 Å². The standard InChI is InChI=1S/C23H22N4O3/c1-13-4-6-17(7-5-13)21-14(2)26-27-19(23(30)25-22(21)27)12-20(29)24-18-10-8-16(9-11-18)15(3)28/h4-11,19H,12H2,1-3H3,(H,24,29)(H,25,30). The zero-order valence-electron chi connectivity index (χ0n) is 17.0. The number of amides is 2. The second-order valence-corrected chi connectivity index (χ2v) is 7.51. The summed E-state index contributed by atoms with van der Waals surface area (Å²) in [6.45, 7) is 5.39. The predicted molar refractivity (Wildman–Crippen MR) is 114 cm³/mol. The number of carbonyl (C=O) groups excluding carboxylic acids is 3. The third-order valence-electron chi connectivity index (χ3n) is 5.22. The molecule has 0 saturated carbocycles. The summed E-state index contributed by atoms with van der Waals surface area (Å²) in [6, 6.07) is 14.0. The fraction of sp³-hybridized carbons (Fsp3) is 0.217. The highest BCUT2D eigenvalue weighted by molar-refractivity contribution is 6.04. The van der Waals surface area contributed by atoms with Gasteiger partial charge in [0.25, 0.3) is 5.91 Å². The first-order valence-electron chi connectivity index (χ1n) is 9.71. The van der Waals surface area contributed by atoms with Gasteiger partial charge in [0.2, 0.25) is 5.91 Å². The van der Waals surface area contributed by atoms with E-state index in [-0.39, 0.29) is 24.0 Å². The minimum Gasteiger partial charge on any atom is -0.326 e. The van der Waals surface area contributed by atoms with E-state index in [1.54, 1.807) is 28.9 Å². The quantitative estimate of drug-likeness (QED) is 0.633. The van der Waals surface area contributed by atoms with Gasteiger partial charge in [-0.1, -0.05) is 29.8 Å². The summed E-state index contributed by atoms with van der Waals surface area (Å²) in [5, 5.41) is 10.2. The highest BCUT2D eigenvalue weighted by Gasteiger charge is 2.36.